The first-order chi connectivity index (χ1) is 8.29. The van der Waals surface area contributed by atoms with Crippen molar-refractivity contribution in [3.63, 3.8) is 0 Å². The lowest BCUT2D eigenvalue weighted by atomic mass is 9.98. The lowest BCUT2D eigenvalue weighted by molar-refractivity contribution is -0.127. The first-order valence-corrected chi connectivity index (χ1v) is 7.02. The highest BCUT2D eigenvalue weighted by Gasteiger charge is 2.24. The maximum atomic E-state index is 12.1. The largest absolute Gasteiger partial charge is 0.350 e. The fourth-order valence-corrected chi connectivity index (χ4v) is 2.32. The Morgan fingerprint density at radius 2 is 2.17 bits per heavy atom. The molecule has 0 aromatic rings. The van der Waals surface area contributed by atoms with Crippen LogP contribution in [0.25, 0.3) is 0 Å². The van der Waals surface area contributed by atoms with E-state index in [2.05, 4.69) is 15.5 Å². The Hall–Kier alpha value is -0.610. The molecule has 1 heterocycles. The lowest BCUT2D eigenvalue weighted by Crippen LogP contribution is -2.51. The van der Waals surface area contributed by atoms with Crippen LogP contribution in [0.5, 0.6) is 0 Å². The number of piperidine rings is 1. The minimum absolute atomic E-state index is 0.0637. The van der Waals surface area contributed by atoms with Crippen LogP contribution in [-0.4, -0.2) is 49.1 Å². The quantitative estimate of drug-likeness (QED) is 0.794. The Labute approximate surface area is 111 Å². The molecule has 0 aliphatic carbocycles. The third-order valence-electron chi connectivity index (χ3n) is 3.48. The van der Waals surface area contributed by atoms with E-state index in [0.29, 0.717) is 5.92 Å². The van der Waals surface area contributed by atoms with Crippen LogP contribution in [0.3, 0.4) is 0 Å². The summed E-state index contributed by atoms with van der Waals surface area (Å²) in [5, 5.41) is 6.46. The van der Waals surface area contributed by atoms with Gasteiger partial charge in [-0.15, -0.1) is 0 Å². The van der Waals surface area contributed by atoms with Crippen LogP contribution in [0.4, 0.5) is 0 Å². The fourth-order valence-electron chi connectivity index (χ4n) is 2.32. The standard InChI is InChI=1S/C14H29N3O/c1-11(13(18)16-14(2,3)4)17(5)10-12-7-6-8-15-9-12/h11-12,15H,6-10H2,1-5H3,(H,16,18). The van der Waals surface area contributed by atoms with Gasteiger partial charge in [-0.3, -0.25) is 9.69 Å². The van der Waals surface area contributed by atoms with Gasteiger partial charge >= 0.3 is 0 Å². The van der Waals surface area contributed by atoms with Crippen molar-refractivity contribution >= 4 is 5.91 Å². The molecule has 0 aromatic heterocycles. The van der Waals surface area contributed by atoms with Gasteiger partial charge in [-0.2, -0.15) is 0 Å². The summed E-state index contributed by atoms with van der Waals surface area (Å²) in [5.74, 6) is 0.794. The third kappa shape index (κ3) is 5.36. The zero-order chi connectivity index (χ0) is 13.8. The second kappa shape index (κ2) is 6.53. The molecule has 1 aliphatic rings. The van der Waals surface area contributed by atoms with Crippen LogP contribution >= 0.6 is 0 Å². The Morgan fingerprint density at radius 3 is 2.67 bits per heavy atom. The number of nitrogens with zero attached hydrogens (tertiary/aromatic N) is 1. The van der Waals surface area contributed by atoms with E-state index in [0.717, 1.165) is 19.6 Å². The van der Waals surface area contributed by atoms with E-state index in [1.54, 1.807) is 0 Å². The highest BCUT2D eigenvalue weighted by atomic mass is 16.2. The van der Waals surface area contributed by atoms with E-state index in [4.69, 9.17) is 0 Å². The van der Waals surface area contributed by atoms with Gasteiger partial charge in [0.05, 0.1) is 6.04 Å². The van der Waals surface area contributed by atoms with Gasteiger partial charge in [-0.05, 0) is 66.6 Å². The molecule has 0 aromatic carbocycles. The topological polar surface area (TPSA) is 44.4 Å². The van der Waals surface area contributed by atoms with Gasteiger partial charge in [0.25, 0.3) is 0 Å². The molecule has 106 valence electrons. The summed E-state index contributed by atoms with van der Waals surface area (Å²) in [7, 11) is 2.04. The highest BCUT2D eigenvalue weighted by molar-refractivity contribution is 5.81. The van der Waals surface area contributed by atoms with E-state index in [1.807, 2.05) is 34.7 Å². The smallest absolute Gasteiger partial charge is 0.237 e. The second-order valence-electron chi connectivity index (χ2n) is 6.57. The summed E-state index contributed by atoms with van der Waals surface area (Å²) < 4.78 is 0. The van der Waals surface area contributed by atoms with Crippen LogP contribution in [0.2, 0.25) is 0 Å². The molecule has 0 spiro atoms. The zero-order valence-corrected chi connectivity index (χ0v) is 12.5. The van der Waals surface area contributed by atoms with Gasteiger partial charge in [0.2, 0.25) is 5.91 Å². The van der Waals surface area contributed by atoms with Crippen LogP contribution in [0, 0.1) is 5.92 Å². The molecular formula is C14H29N3O. The average molecular weight is 255 g/mol. The number of carbonyl (C=O) groups is 1. The SMILES string of the molecule is CC(C(=O)NC(C)(C)C)N(C)CC1CCCNC1. The van der Waals surface area contributed by atoms with Crippen molar-refractivity contribution in [2.24, 2.45) is 5.92 Å². The average Bonchev–Trinajstić information content (AvgIpc) is 2.27. The maximum Gasteiger partial charge on any atom is 0.237 e. The first-order valence-electron chi connectivity index (χ1n) is 7.02. The number of hydrogen-bond donors (Lipinski definition) is 2. The number of amides is 1. The third-order valence-corrected chi connectivity index (χ3v) is 3.48. The van der Waals surface area contributed by atoms with E-state index in [-0.39, 0.29) is 17.5 Å². The predicted octanol–water partition coefficient (Wildman–Crippen LogP) is 1.22. The monoisotopic (exact) mass is 255 g/mol. The molecule has 2 atom stereocenters. The van der Waals surface area contributed by atoms with Crippen molar-refractivity contribution in [1.82, 2.24) is 15.5 Å². The lowest BCUT2D eigenvalue weighted by Gasteiger charge is -2.32. The van der Waals surface area contributed by atoms with Crippen LogP contribution < -0.4 is 10.6 Å². The van der Waals surface area contributed by atoms with Gasteiger partial charge in [0.1, 0.15) is 0 Å². The van der Waals surface area contributed by atoms with Crippen LogP contribution in [0.15, 0.2) is 0 Å². The molecule has 0 bridgehead atoms. The molecule has 2 unspecified atom stereocenters. The van der Waals surface area contributed by atoms with Gasteiger partial charge in [-0.1, -0.05) is 0 Å². The molecule has 2 N–H and O–H groups in total. The predicted molar refractivity (Wildman–Crippen MR) is 75.6 cm³/mol. The van der Waals surface area contributed by atoms with Gasteiger partial charge in [-0.25, -0.2) is 0 Å². The number of hydrogen-bond acceptors (Lipinski definition) is 3. The van der Waals surface area contributed by atoms with Crippen molar-refractivity contribution in [1.29, 1.82) is 0 Å². The summed E-state index contributed by atoms with van der Waals surface area (Å²) in [6.45, 7) is 11.2. The molecule has 1 aliphatic heterocycles. The molecule has 1 fully saturated rings. The van der Waals surface area contributed by atoms with Crippen LogP contribution in [-0.2, 0) is 4.79 Å². The van der Waals surface area contributed by atoms with E-state index >= 15 is 0 Å². The first kappa shape index (κ1) is 15.4. The normalized spacial score (nSPS) is 22.9. The van der Waals surface area contributed by atoms with Gasteiger partial charge in [0.15, 0.2) is 0 Å². The van der Waals surface area contributed by atoms with Gasteiger partial charge in [0, 0.05) is 12.1 Å². The summed E-state index contributed by atoms with van der Waals surface area (Å²) in [6, 6.07) is -0.0637. The minimum atomic E-state index is -0.154. The minimum Gasteiger partial charge on any atom is -0.350 e. The molecule has 1 amide bonds. The number of likely N-dealkylation sites (N-methyl/N-ethyl adjacent to an activating group) is 1. The summed E-state index contributed by atoms with van der Waals surface area (Å²) in [4.78, 5) is 14.2. The number of rotatable bonds is 4. The van der Waals surface area contributed by atoms with E-state index < -0.39 is 0 Å². The van der Waals surface area contributed by atoms with E-state index in [9.17, 15) is 4.79 Å². The summed E-state index contributed by atoms with van der Waals surface area (Å²) in [6.07, 6.45) is 2.52. The molecule has 4 heteroatoms. The molecule has 1 rings (SSSR count). The molecule has 18 heavy (non-hydrogen) atoms. The Kier molecular flexibility index (Phi) is 5.60. The zero-order valence-electron chi connectivity index (χ0n) is 12.5. The molecule has 0 saturated carbocycles. The van der Waals surface area contributed by atoms with Gasteiger partial charge < -0.3 is 10.6 Å². The second-order valence-corrected chi connectivity index (χ2v) is 6.57. The molecule has 1 saturated heterocycles. The summed E-state index contributed by atoms with van der Waals surface area (Å²) >= 11 is 0. The highest BCUT2D eigenvalue weighted by Crippen LogP contribution is 2.12. The maximum absolute atomic E-state index is 12.1. The van der Waals surface area contributed by atoms with Crippen molar-refractivity contribution in [3.8, 4) is 0 Å². The Balaban J connectivity index is 2.39. The Morgan fingerprint density at radius 1 is 1.50 bits per heavy atom. The van der Waals surface area contributed by atoms with Crippen molar-refractivity contribution in [2.75, 3.05) is 26.7 Å². The summed E-state index contributed by atoms with van der Waals surface area (Å²) in [5.41, 5.74) is -0.154. The molecule has 4 nitrogen and oxygen atoms in total. The van der Waals surface area contributed by atoms with Crippen molar-refractivity contribution in [3.05, 3.63) is 0 Å². The molecule has 0 radical (unpaired) electrons. The van der Waals surface area contributed by atoms with Crippen LogP contribution in [0.1, 0.15) is 40.5 Å². The Bertz CT molecular complexity index is 267. The number of carbonyl (C=O) groups excluding carboxylic acids is 1. The molecular weight excluding hydrogens is 226 g/mol. The van der Waals surface area contributed by atoms with E-state index in [1.165, 1.54) is 12.8 Å². The fraction of sp³-hybridized carbons (Fsp3) is 0.929. The van der Waals surface area contributed by atoms with Crippen molar-refractivity contribution in [2.45, 2.75) is 52.1 Å². The number of nitrogens with one attached hydrogen (secondary N) is 2. The van der Waals surface area contributed by atoms with Crippen molar-refractivity contribution < 1.29 is 4.79 Å².